The molecule has 2 saturated carbocycles. The molecule has 2 heterocycles. The normalized spacial score (nSPS) is 21.4. The first-order valence-corrected chi connectivity index (χ1v) is 13.3. The third-order valence-electron chi connectivity index (χ3n) is 7.27. The molecule has 3 aliphatic rings. The number of pyridine rings is 1. The molecule has 1 aromatic heterocycles. The number of piperazine rings is 1. The first kappa shape index (κ1) is 21.8. The maximum absolute atomic E-state index is 13.5. The van der Waals surface area contributed by atoms with Gasteiger partial charge < -0.3 is 4.90 Å². The molecule has 3 fully saturated rings. The lowest BCUT2D eigenvalue weighted by Gasteiger charge is -2.38. The molecule has 2 aromatic rings. The van der Waals surface area contributed by atoms with Gasteiger partial charge in [-0.3, -0.25) is 9.78 Å². The summed E-state index contributed by atoms with van der Waals surface area (Å²) in [5.41, 5.74) is 2.55. The predicted molar refractivity (Wildman–Crippen MR) is 125 cm³/mol. The van der Waals surface area contributed by atoms with Crippen LogP contribution < -0.4 is 0 Å². The number of amides is 1. The summed E-state index contributed by atoms with van der Waals surface area (Å²) in [6.07, 6.45) is 7.51. The molecule has 1 saturated heterocycles. The van der Waals surface area contributed by atoms with Crippen molar-refractivity contribution in [2.75, 3.05) is 33.2 Å². The molecule has 1 aliphatic heterocycles. The molecule has 5 rings (SSSR count). The van der Waals surface area contributed by atoms with Crippen LogP contribution in [-0.2, 0) is 10.2 Å². The van der Waals surface area contributed by atoms with Crippen LogP contribution in [0.4, 0.5) is 0 Å². The van der Waals surface area contributed by atoms with E-state index in [0.29, 0.717) is 37.7 Å². The van der Waals surface area contributed by atoms with E-state index in [0.717, 1.165) is 55.1 Å². The zero-order valence-electron chi connectivity index (χ0n) is 18.7. The maximum atomic E-state index is 13.5. The summed E-state index contributed by atoms with van der Waals surface area (Å²) >= 11 is 0. The topological polar surface area (TPSA) is 73.8 Å². The number of rotatable bonds is 5. The summed E-state index contributed by atoms with van der Waals surface area (Å²) in [5, 5.41) is 0.869. The zero-order chi connectivity index (χ0) is 22.3. The molecule has 0 radical (unpaired) electrons. The highest BCUT2D eigenvalue weighted by Crippen LogP contribution is 2.40. The second-order valence-electron chi connectivity index (χ2n) is 9.39. The van der Waals surface area contributed by atoms with Crippen molar-refractivity contribution in [1.29, 1.82) is 0 Å². The van der Waals surface area contributed by atoms with Crippen molar-refractivity contribution in [1.82, 2.24) is 18.5 Å². The van der Waals surface area contributed by atoms with Crippen LogP contribution in [0.15, 0.2) is 30.3 Å². The van der Waals surface area contributed by atoms with Gasteiger partial charge in [0.15, 0.2) is 0 Å². The Hall–Kier alpha value is -2.03. The fourth-order valence-corrected chi connectivity index (χ4v) is 6.65. The molecular formula is C24H32N4O3S. The fraction of sp³-hybridized carbons (Fsp3) is 0.583. The third-order valence-corrected chi connectivity index (χ3v) is 9.31. The number of carbonyl (C=O) groups excluding carboxylic acids is 1. The number of hydrogen-bond donors (Lipinski definition) is 0. The molecule has 1 amide bonds. The van der Waals surface area contributed by atoms with Crippen LogP contribution in [-0.4, -0.2) is 72.1 Å². The van der Waals surface area contributed by atoms with Crippen molar-refractivity contribution in [3.8, 4) is 0 Å². The van der Waals surface area contributed by atoms with Gasteiger partial charge in [0.1, 0.15) is 0 Å². The quantitative estimate of drug-likeness (QED) is 0.691. The van der Waals surface area contributed by atoms with E-state index in [2.05, 4.69) is 0 Å². The fourth-order valence-electron chi connectivity index (χ4n) is 5.07. The highest BCUT2D eigenvalue weighted by molar-refractivity contribution is 7.86. The molecule has 0 atom stereocenters. The summed E-state index contributed by atoms with van der Waals surface area (Å²) < 4.78 is 29.5. The van der Waals surface area contributed by atoms with Crippen molar-refractivity contribution in [2.24, 2.45) is 0 Å². The minimum atomic E-state index is -3.50. The van der Waals surface area contributed by atoms with Gasteiger partial charge in [0, 0.05) is 56.3 Å². The van der Waals surface area contributed by atoms with Crippen LogP contribution in [0.2, 0.25) is 0 Å². The second-order valence-corrected chi connectivity index (χ2v) is 11.4. The van der Waals surface area contributed by atoms with Gasteiger partial charge in [-0.1, -0.05) is 37.5 Å². The highest BCUT2D eigenvalue weighted by atomic mass is 32.2. The number of fused-ring (bicyclic) bond motifs is 1. The van der Waals surface area contributed by atoms with Gasteiger partial charge in [-0.25, -0.2) is 0 Å². The molecule has 0 N–H and O–H groups in total. The SMILES string of the molecule is CN(C1CCCCC1)S(=O)(=O)N1CCN(C(=O)c2cc(C3CC3)nc3ccccc23)CC1. The highest BCUT2D eigenvalue weighted by Gasteiger charge is 2.36. The zero-order valence-corrected chi connectivity index (χ0v) is 19.6. The maximum Gasteiger partial charge on any atom is 0.282 e. The molecule has 0 unspecified atom stereocenters. The number of para-hydroxylation sites is 1. The lowest BCUT2D eigenvalue weighted by Crippen LogP contribution is -2.55. The summed E-state index contributed by atoms with van der Waals surface area (Å²) in [7, 11) is -1.79. The Bertz CT molecular complexity index is 1100. The Labute approximate surface area is 190 Å². The van der Waals surface area contributed by atoms with Gasteiger partial charge in [-0.05, 0) is 37.8 Å². The van der Waals surface area contributed by atoms with E-state index in [1.54, 1.807) is 20.6 Å². The van der Waals surface area contributed by atoms with Gasteiger partial charge in [-0.2, -0.15) is 17.0 Å². The van der Waals surface area contributed by atoms with Crippen LogP contribution in [0.25, 0.3) is 10.9 Å². The van der Waals surface area contributed by atoms with Crippen LogP contribution in [0.3, 0.4) is 0 Å². The Morgan fingerprint density at radius 2 is 1.69 bits per heavy atom. The Morgan fingerprint density at radius 3 is 2.38 bits per heavy atom. The van der Waals surface area contributed by atoms with Crippen molar-refractivity contribution < 1.29 is 13.2 Å². The van der Waals surface area contributed by atoms with Crippen LogP contribution in [0.5, 0.6) is 0 Å². The van der Waals surface area contributed by atoms with E-state index in [1.165, 1.54) is 6.42 Å². The van der Waals surface area contributed by atoms with Crippen LogP contribution in [0, 0.1) is 0 Å². The van der Waals surface area contributed by atoms with E-state index in [4.69, 9.17) is 4.98 Å². The molecule has 0 bridgehead atoms. The lowest BCUT2D eigenvalue weighted by atomic mass is 9.96. The average molecular weight is 457 g/mol. The smallest absolute Gasteiger partial charge is 0.282 e. The molecule has 8 heteroatoms. The molecule has 32 heavy (non-hydrogen) atoms. The van der Waals surface area contributed by atoms with Gasteiger partial charge >= 0.3 is 0 Å². The summed E-state index contributed by atoms with van der Waals surface area (Å²) in [4.78, 5) is 20.0. The monoisotopic (exact) mass is 456 g/mol. The van der Waals surface area contributed by atoms with Gasteiger partial charge in [0.25, 0.3) is 16.1 Å². The van der Waals surface area contributed by atoms with Crippen LogP contribution in [0.1, 0.15) is 66.9 Å². The number of hydrogen-bond acceptors (Lipinski definition) is 4. The molecule has 0 spiro atoms. The predicted octanol–water partition coefficient (Wildman–Crippen LogP) is 3.38. The van der Waals surface area contributed by atoms with E-state index in [1.807, 2.05) is 30.3 Å². The Balaban J connectivity index is 1.31. The Morgan fingerprint density at radius 1 is 1.00 bits per heavy atom. The van der Waals surface area contributed by atoms with E-state index >= 15 is 0 Å². The lowest BCUT2D eigenvalue weighted by molar-refractivity contribution is 0.0694. The minimum absolute atomic E-state index is 0.0248. The molecule has 1 aromatic carbocycles. The number of nitrogens with zero attached hydrogens (tertiary/aromatic N) is 4. The summed E-state index contributed by atoms with van der Waals surface area (Å²) in [5.74, 6) is 0.437. The summed E-state index contributed by atoms with van der Waals surface area (Å²) in [6.45, 7) is 1.49. The summed E-state index contributed by atoms with van der Waals surface area (Å²) in [6, 6.07) is 9.85. The standard InChI is InChI=1S/C24H32N4O3S/c1-26(19-7-3-2-4-8-19)32(30,31)28-15-13-27(14-16-28)24(29)21-17-23(18-11-12-18)25-22-10-6-5-9-20(21)22/h5-6,9-10,17-19H,2-4,7-8,11-16H2,1H3. The van der Waals surface area contributed by atoms with E-state index in [9.17, 15) is 13.2 Å². The van der Waals surface area contributed by atoms with E-state index in [-0.39, 0.29) is 11.9 Å². The average Bonchev–Trinajstić information content (AvgIpc) is 3.69. The van der Waals surface area contributed by atoms with Crippen molar-refractivity contribution in [2.45, 2.75) is 56.9 Å². The van der Waals surface area contributed by atoms with Gasteiger partial charge in [0.05, 0.1) is 11.1 Å². The van der Waals surface area contributed by atoms with Gasteiger partial charge in [-0.15, -0.1) is 0 Å². The molecule has 7 nitrogen and oxygen atoms in total. The number of benzene rings is 1. The van der Waals surface area contributed by atoms with Crippen molar-refractivity contribution >= 4 is 27.0 Å². The largest absolute Gasteiger partial charge is 0.336 e. The number of aromatic nitrogens is 1. The molecule has 2 aliphatic carbocycles. The number of carbonyl (C=O) groups is 1. The second kappa shape index (κ2) is 8.72. The first-order valence-electron chi connectivity index (χ1n) is 11.9. The third kappa shape index (κ3) is 4.16. The van der Waals surface area contributed by atoms with Crippen LogP contribution >= 0.6 is 0 Å². The van der Waals surface area contributed by atoms with Gasteiger partial charge in [0.2, 0.25) is 0 Å². The minimum Gasteiger partial charge on any atom is -0.336 e. The Kier molecular flexibility index (Phi) is 5.94. The van der Waals surface area contributed by atoms with Crippen molar-refractivity contribution in [3.63, 3.8) is 0 Å². The van der Waals surface area contributed by atoms with E-state index < -0.39 is 10.2 Å². The molecule has 172 valence electrons. The van der Waals surface area contributed by atoms with Crippen molar-refractivity contribution in [3.05, 3.63) is 41.6 Å². The first-order chi connectivity index (χ1) is 15.4. The molecular weight excluding hydrogens is 424 g/mol.